The summed E-state index contributed by atoms with van der Waals surface area (Å²) in [6.45, 7) is 3.41. The van der Waals surface area contributed by atoms with Crippen molar-refractivity contribution in [1.82, 2.24) is 9.88 Å². The molecule has 1 aliphatic carbocycles. The van der Waals surface area contributed by atoms with Crippen molar-refractivity contribution in [3.63, 3.8) is 0 Å². The van der Waals surface area contributed by atoms with Gasteiger partial charge in [-0.05, 0) is 54.7 Å². The predicted molar refractivity (Wildman–Crippen MR) is 115 cm³/mol. The van der Waals surface area contributed by atoms with Gasteiger partial charge in [0.25, 0.3) is 0 Å². The van der Waals surface area contributed by atoms with Gasteiger partial charge in [-0.15, -0.1) is 0 Å². The Kier molecular flexibility index (Phi) is 4.89. The Morgan fingerprint density at radius 1 is 1.10 bits per heavy atom. The number of halogens is 1. The van der Waals surface area contributed by atoms with Crippen molar-refractivity contribution in [2.24, 2.45) is 5.92 Å². The van der Waals surface area contributed by atoms with Gasteiger partial charge in [0.1, 0.15) is 6.10 Å². The van der Waals surface area contributed by atoms with Crippen molar-refractivity contribution >= 4 is 16.8 Å². The Labute approximate surface area is 175 Å². The van der Waals surface area contributed by atoms with E-state index < -0.39 is 0 Å². The lowest BCUT2D eigenvalue weighted by Crippen LogP contribution is -2.42. The topological polar surface area (TPSA) is 42.4 Å². The maximum absolute atomic E-state index is 14.9. The number of ether oxygens (including phenoxy) is 1. The standard InChI is InChI=1S/C25H25FN2O2/c1-16-21(8-6-17-3-2-12-27-24(16)17)19-7-9-23(22(26)15-19)30-20-10-13-28(14-11-20)25(29)18-4-5-18/h2-3,6-9,12,15,18,20H,4-5,10-11,13-14H2,1H3. The van der Waals surface area contributed by atoms with Gasteiger partial charge in [-0.3, -0.25) is 9.78 Å². The molecule has 2 fully saturated rings. The van der Waals surface area contributed by atoms with E-state index in [1.165, 1.54) is 6.07 Å². The molecule has 1 amide bonds. The molecule has 1 aromatic heterocycles. The fraction of sp³-hybridized carbons (Fsp3) is 0.360. The highest BCUT2D eigenvalue weighted by molar-refractivity contribution is 5.88. The monoisotopic (exact) mass is 404 g/mol. The summed E-state index contributed by atoms with van der Waals surface area (Å²) in [5.41, 5.74) is 3.76. The molecule has 0 spiro atoms. The summed E-state index contributed by atoms with van der Waals surface area (Å²) in [7, 11) is 0. The number of nitrogens with zero attached hydrogens (tertiary/aromatic N) is 2. The Bertz CT molecular complexity index is 1100. The number of benzene rings is 2. The summed E-state index contributed by atoms with van der Waals surface area (Å²) in [4.78, 5) is 18.6. The largest absolute Gasteiger partial charge is 0.487 e. The zero-order valence-electron chi connectivity index (χ0n) is 17.1. The third-order valence-corrected chi connectivity index (χ3v) is 6.24. The summed E-state index contributed by atoms with van der Waals surface area (Å²) in [5.74, 6) is 0.456. The average Bonchev–Trinajstić information content (AvgIpc) is 3.61. The fourth-order valence-electron chi connectivity index (χ4n) is 4.33. The normalized spacial score (nSPS) is 17.3. The van der Waals surface area contributed by atoms with Crippen LogP contribution in [0.4, 0.5) is 4.39 Å². The molecule has 1 saturated heterocycles. The molecule has 0 unspecified atom stereocenters. The summed E-state index contributed by atoms with van der Waals surface area (Å²) < 4.78 is 20.8. The number of fused-ring (bicyclic) bond motifs is 1. The van der Waals surface area contributed by atoms with Gasteiger partial charge in [0, 0.05) is 43.4 Å². The van der Waals surface area contributed by atoms with Crippen LogP contribution in [-0.4, -0.2) is 35.0 Å². The molecule has 0 atom stereocenters. The van der Waals surface area contributed by atoms with Gasteiger partial charge in [-0.2, -0.15) is 0 Å². The van der Waals surface area contributed by atoms with Crippen LogP contribution in [0.25, 0.3) is 22.0 Å². The molecule has 5 heteroatoms. The summed E-state index contributed by atoms with van der Waals surface area (Å²) in [6.07, 6.45) is 5.27. The molecule has 1 saturated carbocycles. The first kappa shape index (κ1) is 19.0. The van der Waals surface area contributed by atoms with Crippen LogP contribution in [0.5, 0.6) is 5.75 Å². The van der Waals surface area contributed by atoms with Crippen LogP contribution >= 0.6 is 0 Å². The number of hydrogen-bond donors (Lipinski definition) is 0. The molecule has 2 aliphatic rings. The maximum atomic E-state index is 14.9. The Balaban J connectivity index is 1.30. The fourth-order valence-corrected chi connectivity index (χ4v) is 4.33. The van der Waals surface area contributed by atoms with E-state index in [0.29, 0.717) is 13.1 Å². The van der Waals surface area contributed by atoms with E-state index in [9.17, 15) is 9.18 Å². The molecule has 2 aromatic carbocycles. The van der Waals surface area contributed by atoms with Gasteiger partial charge in [-0.1, -0.05) is 24.3 Å². The molecule has 5 rings (SSSR count). The van der Waals surface area contributed by atoms with Crippen molar-refractivity contribution in [2.45, 2.75) is 38.7 Å². The van der Waals surface area contributed by atoms with E-state index in [1.54, 1.807) is 12.3 Å². The first-order valence-corrected chi connectivity index (χ1v) is 10.7. The maximum Gasteiger partial charge on any atom is 0.225 e. The van der Waals surface area contributed by atoms with Gasteiger partial charge in [0.2, 0.25) is 5.91 Å². The lowest BCUT2D eigenvalue weighted by Gasteiger charge is -2.32. The van der Waals surface area contributed by atoms with Crippen molar-refractivity contribution in [3.05, 3.63) is 60.0 Å². The number of pyridine rings is 1. The third-order valence-electron chi connectivity index (χ3n) is 6.24. The molecule has 1 aliphatic heterocycles. The quantitative estimate of drug-likeness (QED) is 0.605. The van der Waals surface area contributed by atoms with Crippen LogP contribution in [0.3, 0.4) is 0 Å². The van der Waals surface area contributed by atoms with E-state index in [4.69, 9.17) is 4.74 Å². The number of amides is 1. The van der Waals surface area contributed by atoms with E-state index >= 15 is 0 Å². The van der Waals surface area contributed by atoms with Crippen molar-refractivity contribution in [3.8, 4) is 16.9 Å². The summed E-state index contributed by atoms with van der Waals surface area (Å²) in [5, 5.41) is 1.07. The van der Waals surface area contributed by atoms with Crippen LogP contribution in [0.2, 0.25) is 0 Å². The molecule has 2 heterocycles. The number of piperidine rings is 1. The molecule has 30 heavy (non-hydrogen) atoms. The van der Waals surface area contributed by atoms with Gasteiger partial charge in [0.05, 0.1) is 5.52 Å². The number of hydrogen-bond acceptors (Lipinski definition) is 3. The first-order chi connectivity index (χ1) is 14.6. The Hall–Kier alpha value is -2.95. The first-order valence-electron chi connectivity index (χ1n) is 10.7. The van der Waals surface area contributed by atoms with Gasteiger partial charge < -0.3 is 9.64 Å². The average molecular weight is 404 g/mol. The highest BCUT2D eigenvalue weighted by Gasteiger charge is 2.35. The minimum atomic E-state index is -0.357. The molecular weight excluding hydrogens is 379 g/mol. The number of carbonyl (C=O) groups is 1. The minimum Gasteiger partial charge on any atom is -0.487 e. The lowest BCUT2D eigenvalue weighted by atomic mass is 9.97. The number of likely N-dealkylation sites (tertiary alicyclic amines) is 1. The van der Waals surface area contributed by atoms with Gasteiger partial charge >= 0.3 is 0 Å². The van der Waals surface area contributed by atoms with E-state index in [2.05, 4.69) is 4.98 Å². The number of aryl methyl sites for hydroxylation is 1. The number of rotatable bonds is 4. The second-order valence-corrected chi connectivity index (χ2v) is 8.38. The molecule has 0 bridgehead atoms. The van der Waals surface area contributed by atoms with Gasteiger partial charge in [0.15, 0.2) is 11.6 Å². The van der Waals surface area contributed by atoms with Gasteiger partial charge in [-0.25, -0.2) is 4.39 Å². The van der Waals surface area contributed by atoms with Crippen molar-refractivity contribution in [1.29, 1.82) is 0 Å². The number of carbonyl (C=O) groups excluding carboxylic acids is 1. The molecule has 0 N–H and O–H groups in total. The minimum absolute atomic E-state index is 0.0554. The lowest BCUT2D eigenvalue weighted by molar-refractivity contribution is -0.134. The van der Waals surface area contributed by atoms with E-state index in [-0.39, 0.29) is 29.5 Å². The van der Waals surface area contributed by atoms with Crippen LogP contribution in [0, 0.1) is 18.7 Å². The van der Waals surface area contributed by atoms with Crippen molar-refractivity contribution in [2.75, 3.05) is 13.1 Å². The van der Waals surface area contributed by atoms with Crippen molar-refractivity contribution < 1.29 is 13.9 Å². The van der Waals surface area contributed by atoms with Crippen LogP contribution < -0.4 is 4.74 Å². The Morgan fingerprint density at radius 3 is 2.63 bits per heavy atom. The second kappa shape index (κ2) is 7.71. The SMILES string of the molecule is Cc1c(-c2ccc(OC3CCN(C(=O)C4CC4)CC3)c(F)c2)ccc2cccnc12. The second-order valence-electron chi connectivity index (χ2n) is 8.38. The highest BCUT2D eigenvalue weighted by atomic mass is 19.1. The third kappa shape index (κ3) is 3.64. The van der Waals surface area contributed by atoms with Crippen LogP contribution in [0.1, 0.15) is 31.2 Å². The van der Waals surface area contributed by atoms with Crippen LogP contribution in [-0.2, 0) is 4.79 Å². The predicted octanol–water partition coefficient (Wildman–Crippen LogP) is 5.13. The summed E-state index contributed by atoms with van der Waals surface area (Å²) >= 11 is 0. The summed E-state index contributed by atoms with van der Waals surface area (Å²) in [6, 6.07) is 13.1. The molecule has 3 aromatic rings. The zero-order valence-corrected chi connectivity index (χ0v) is 17.1. The Morgan fingerprint density at radius 2 is 1.90 bits per heavy atom. The molecular formula is C25H25FN2O2. The molecule has 154 valence electrons. The molecule has 4 nitrogen and oxygen atoms in total. The smallest absolute Gasteiger partial charge is 0.225 e. The molecule has 0 radical (unpaired) electrons. The van der Waals surface area contributed by atoms with Crippen LogP contribution in [0.15, 0.2) is 48.7 Å². The number of aromatic nitrogens is 1. The zero-order chi connectivity index (χ0) is 20.7. The van der Waals surface area contributed by atoms with E-state index in [0.717, 1.165) is 53.3 Å². The highest BCUT2D eigenvalue weighted by Crippen LogP contribution is 2.34. The van der Waals surface area contributed by atoms with E-state index in [1.807, 2.05) is 42.2 Å².